The molecule has 4 heterocycles. The lowest BCUT2D eigenvalue weighted by molar-refractivity contribution is 0.0845. The van der Waals surface area contributed by atoms with Crippen LogP contribution in [0, 0.1) is 0 Å². The molecule has 2 aromatic heterocycles. The molecular formula is C20H25N5O3. The predicted molar refractivity (Wildman–Crippen MR) is 104 cm³/mol. The fourth-order valence-corrected chi connectivity index (χ4v) is 3.71. The molecule has 0 radical (unpaired) electrons. The highest BCUT2D eigenvalue weighted by Gasteiger charge is 2.27. The van der Waals surface area contributed by atoms with Crippen molar-refractivity contribution in [2.45, 2.75) is 31.2 Å². The van der Waals surface area contributed by atoms with Crippen LogP contribution in [0.3, 0.4) is 0 Å². The van der Waals surface area contributed by atoms with Crippen LogP contribution in [0.2, 0.25) is 0 Å². The third-order valence-electron chi connectivity index (χ3n) is 5.28. The molecule has 2 saturated heterocycles. The highest BCUT2D eigenvalue weighted by molar-refractivity contribution is 5.92. The number of hydrogen-bond acceptors (Lipinski definition) is 7. The van der Waals surface area contributed by atoms with E-state index in [2.05, 4.69) is 20.2 Å². The van der Waals surface area contributed by atoms with Gasteiger partial charge >= 0.3 is 0 Å². The maximum Gasteiger partial charge on any atom is 0.270 e. The number of anilines is 1. The second-order valence-electron chi connectivity index (χ2n) is 7.14. The van der Waals surface area contributed by atoms with E-state index in [1.54, 1.807) is 18.2 Å². The van der Waals surface area contributed by atoms with Crippen molar-refractivity contribution >= 4 is 11.9 Å². The first kappa shape index (κ1) is 18.6. The molecule has 28 heavy (non-hydrogen) atoms. The molecule has 0 saturated carbocycles. The van der Waals surface area contributed by atoms with Crippen molar-refractivity contribution in [2.24, 2.45) is 0 Å². The molecule has 0 aromatic carbocycles. The van der Waals surface area contributed by atoms with E-state index in [1.165, 1.54) is 7.11 Å². The summed E-state index contributed by atoms with van der Waals surface area (Å²) >= 11 is 0. The van der Waals surface area contributed by atoms with Gasteiger partial charge in [-0.25, -0.2) is 15.0 Å². The molecule has 8 nitrogen and oxygen atoms in total. The highest BCUT2D eigenvalue weighted by atomic mass is 16.5. The van der Waals surface area contributed by atoms with Crippen molar-refractivity contribution in [1.29, 1.82) is 0 Å². The summed E-state index contributed by atoms with van der Waals surface area (Å²) in [6, 6.07) is 7.21. The molecule has 0 spiro atoms. The van der Waals surface area contributed by atoms with Crippen molar-refractivity contribution < 1.29 is 14.3 Å². The molecule has 2 aliphatic heterocycles. The van der Waals surface area contributed by atoms with Gasteiger partial charge in [-0.15, -0.1) is 0 Å². The Hall–Kier alpha value is -2.74. The monoisotopic (exact) mass is 383 g/mol. The number of ether oxygens (including phenoxy) is 2. The van der Waals surface area contributed by atoms with Gasteiger partial charge in [-0.05, 0) is 31.4 Å². The van der Waals surface area contributed by atoms with Crippen LogP contribution < -0.4 is 15.0 Å². The number of aromatic nitrogens is 3. The van der Waals surface area contributed by atoms with E-state index in [0.717, 1.165) is 50.7 Å². The molecule has 2 aromatic rings. The van der Waals surface area contributed by atoms with Crippen LogP contribution in [0.25, 0.3) is 0 Å². The maximum absolute atomic E-state index is 12.5. The summed E-state index contributed by atoms with van der Waals surface area (Å²) in [5, 5.41) is 3.05. The average Bonchev–Trinajstić information content (AvgIpc) is 3.23. The maximum atomic E-state index is 12.5. The quantitative estimate of drug-likeness (QED) is 0.842. The summed E-state index contributed by atoms with van der Waals surface area (Å²) in [6.45, 7) is 3.08. The fraction of sp³-hybridized carbons (Fsp3) is 0.500. The van der Waals surface area contributed by atoms with Crippen LogP contribution in [0.15, 0.2) is 30.5 Å². The Labute approximate surface area is 164 Å². The van der Waals surface area contributed by atoms with E-state index in [0.29, 0.717) is 24.0 Å². The van der Waals surface area contributed by atoms with Crippen molar-refractivity contribution in [3.63, 3.8) is 0 Å². The van der Waals surface area contributed by atoms with Gasteiger partial charge < -0.3 is 19.7 Å². The van der Waals surface area contributed by atoms with E-state index in [1.807, 2.05) is 12.3 Å². The largest absolute Gasteiger partial charge is 0.481 e. The third kappa shape index (κ3) is 4.22. The standard InChI is InChI=1S/C20H25N5O3/c1-27-18-4-2-3-17(23-18)19(26)22-15-6-10-25(13-15)20-21-9-5-16(24-20)14-7-11-28-12-8-14/h2-5,9,14-15H,6-8,10-13H2,1H3,(H,22,26). The van der Waals surface area contributed by atoms with E-state index < -0.39 is 0 Å². The van der Waals surface area contributed by atoms with Crippen molar-refractivity contribution in [3.8, 4) is 5.88 Å². The lowest BCUT2D eigenvalue weighted by Gasteiger charge is -2.23. The van der Waals surface area contributed by atoms with Crippen LogP contribution in [-0.2, 0) is 4.74 Å². The molecule has 2 fully saturated rings. The minimum Gasteiger partial charge on any atom is -0.481 e. The molecule has 4 rings (SSSR count). The van der Waals surface area contributed by atoms with Gasteiger partial charge in [0.15, 0.2) is 0 Å². The summed E-state index contributed by atoms with van der Waals surface area (Å²) in [6.07, 6.45) is 4.69. The fourth-order valence-electron chi connectivity index (χ4n) is 3.71. The van der Waals surface area contributed by atoms with Gasteiger partial charge in [0.1, 0.15) is 5.69 Å². The molecule has 1 unspecified atom stereocenters. The summed E-state index contributed by atoms with van der Waals surface area (Å²) in [7, 11) is 1.54. The van der Waals surface area contributed by atoms with Crippen LogP contribution in [-0.4, -0.2) is 60.3 Å². The topological polar surface area (TPSA) is 89.5 Å². The summed E-state index contributed by atoms with van der Waals surface area (Å²) in [5.74, 6) is 1.41. The molecule has 1 N–H and O–H groups in total. The number of pyridine rings is 1. The number of amides is 1. The van der Waals surface area contributed by atoms with E-state index in [-0.39, 0.29) is 11.9 Å². The summed E-state index contributed by atoms with van der Waals surface area (Å²) in [4.78, 5) is 28.0. The van der Waals surface area contributed by atoms with Gasteiger partial charge in [0.25, 0.3) is 5.91 Å². The second-order valence-corrected chi connectivity index (χ2v) is 7.14. The van der Waals surface area contributed by atoms with Gasteiger partial charge in [0, 0.05) is 56.2 Å². The van der Waals surface area contributed by atoms with Crippen LogP contribution >= 0.6 is 0 Å². The van der Waals surface area contributed by atoms with E-state index in [9.17, 15) is 4.79 Å². The van der Waals surface area contributed by atoms with E-state index >= 15 is 0 Å². The Morgan fingerprint density at radius 3 is 2.89 bits per heavy atom. The van der Waals surface area contributed by atoms with Gasteiger partial charge in [0.05, 0.1) is 7.11 Å². The Morgan fingerprint density at radius 1 is 1.21 bits per heavy atom. The third-order valence-corrected chi connectivity index (χ3v) is 5.28. The van der Waals surface area contributed by atoms with E-state index in [4.69, 9.17) is 14.5 Å². The zero-order valence-corrected chi connectivity index (χ0v) is 16.0. The molecule has 148 valence electrons. The smallest absolute Gasteiger partial charge is 0.270 e. The number of carbonyl (C=O) groups excluding carboxylic acids is 1. The summed E-state index contributed by atoms with van der Waals surface area (Å²) in [5.41, 5.74) is 1.44. The Bertz CT molecular complexity index is 825. The first-order valence-corrected chi connectivity index (χ1v) is 9.70. The molecule has 2 aliphatic rings. The predicted octanol–water partition coefficient (Wildman–Crippen LogP) is 1.78. The lowest BCUT2D eigenvalue weighted by Crippen LogP contribution is -2.37. The Balaban J connectivity index is 1.38. The van der Waals surface area contributed by atoms with Crippen LogP contribution in [0.5, 0.6) is 5.88 Å². The molecule has 1 atom stereocenters. The summed E-state index contributed by atoms with van der Waals surface area (Å²) < 4.78 is 10.5. The molecule has 0 aliphatic carbocycles. The van der Waals surface area contributed by atoms with Crippen molar-refractivity contribution in [3.05, 3.63) is 41.9 Å². The van der Waals surface area contributed by atoms with Crippen molar-refractivity contribution in [1.82, 2.24) is 20.3 Å². The van der Waals surface area contributed by atoms with Gasteiger partial charge in [0.2, 0.25) is 11.8 Å². The number of carbonyl (C=O) groups is 1. The number of methoxy groups -OCH3 is 1. The zero-order chi connectivity index (χ0) is 19.3. The van der Waals surface area contributed by atoms with Gasteiger partial charge in [-0.1, -0.05) is 6.07 Å². The molecule has 8 heteroatoms. The minimum absolute atomic E-state index is 0.0378. The lowest BCUT2D eigenvalue weighted by atomic mass is 9.96. The first-order chi connectivity index (χ1) is 13.7. The normalized spacial score (nSPS) is 20.2. The van der Waals surface area contributed by atoms with Gasteiger partial charge in [-0.3, -0.25) is 4.79 Å². The van der Waals surface area contributed by atoms with Crippen LogP contribution in [0.1, 0.15) is 41.4 Å². The first-order valence-electron chi connectivity index (χ1n) is 9.70. The Morgan fingerprint density at radius 2 is 2.07 bits per heavy atom. The highest BCUT2D eigenvalue weighted by Crippen LogP contribution is 2.26. The minimum atomic E-state index is -0.192. The number of nitrogens with one attached hydrogen (secondary N) is 1. The Kier molecular flexibility index (Phi) is 5.66. The average molecular weight is 383 g/mol. The molecular weight excluding hydrogens is 358 g/mol. The molecule has 1 amide bonds. The second kappa shape index (κ2) is 8.52. The molecule has 0 bridgehead atoms. The number of nitrogens with zero attached hydrogens (tertiary/aromatic N) is 4. The number of rotatable bonds is 5. The zero-order valence-electron chi connectivity index (χ0n) is 16.0. The number of hydrogen-bond donors (Lipinski definition) is 1. The van der Waals surface area contributed by atoms with Crippen molar-refractivity contribution in [2.75, 3.05) is 38.3 Å². The SMILES string of the molecule is COc1cccc(C(=O)NC2CCN(c3nccc(C4CCOCC4)n3)C2)n1. The van der Waals surface area contributed by atoms with Crippen LogP contribution in [0.4, 0.5) is 5.95 Å². The van der Waals surface area contributed by atoms with Gasteiger partial charge in [-0.2, -0.15) is 0 Å².